The molecule has 0 bridgehead atoms. The number of hydrogen-bond donors (Lipinski definition) is 1. The highest BCUT2D eigenvalue weighted by Gasteiger charge is 2.25. The highest BCUT2D eigenvalue weighted by molar-refractivity contribution is 5.71. The summed E-state index contributed by atoms with van der Waals surface area (Å²) in [6, 6.07) is 0. The number of esters is 2. The van der Waals surface area contributed by atoms with Crippen LogP contribution in [0.2, 0.25) is 0 Å². The summed E-state index contributed by atoms with van der Waals surface area (Å²) in [6.07, 6.45) is 48.5. The third kappa shape index (κ3) is 43.1. The number of hydrogen-bond acceptors (Lipinski definition) is 7. The van der Waals surface area contributed by atoms with Crippen LogP contribution in [0.15, 0.2) is 60.8 Å². The van der Waals surface area contributed by atoms with Crippen LogP contribution in [-0.2, 0) is 33.3 Å². The summed E-state index contributed by atoms with van der Waals surface area (Å²) in [5.41, 5.74) is 0. The van der Waals surface area contributed by atoms with Crippen molar-refractivity contribution in [3.8, 4) is 0 Å². The average Bonchev–Trinajstić information content (AvgIpc) is 3.21. The van der Waals surface area contributed by atoms with Gasteiger partial charge in [0.2, 0.25) is 0 Å². The Bertz CT molecular complexity index is 1170. The summed E-state index contributed by atoms with van der Waals surface area (Å²) < 4.78 is 22.7. The summed E-state index contributed by atoms with van der Waals surface area (Å²) in [5, 5.41) is 9.64. The molecule has 0 rings (SSSR count). The molecule has 9 nitrogen and oxygen atoms in total. The Morgan fingerprint density at radius 2 is 0.950 bits per heavy atom. The van der Waals surface area contributed by atoms with Gasteiger partial charge in [0.25, 0.3) is 6.29 Å². The van der Waals surface area contributed by atoms with E-state index < -0.39 is 24.3 Å². The van der Waals surface area contributed by atoms with Gasteiger partial charge in [0, 0.05) is 12.8 Å². The van der Waals surface area contributed by atoms with E-state index in [1.807, 2.05) is 21.1 Å². The van der Waals surface area contributed by atoms with Crippen LogP contribution in [0, 0.1) is 0 Å². The first-order chi connectivity index (χ1) is 29.1. The van der Waals surface area contributed by atoms with Gasteiger partial charge in [-0.05, 0) is 77.0 Å². The van der Waals surface area contributed by atoms with E-state index in [2.05, 4.69) is 74.6 Å². The van der Waals surface area contributed by atoms with Gasteiger partial charge in [-0.3, -0.25) is 9.59 Å². The molecule has 0 saturated heterocycles. The molecular weight excluding hydrogens is 755 g/mol. The van der Waals surface area contributed by atoms with Crippen molar-refractivity contribution in [2.75, 3.05) is 47.5 Å². The number of carboxylic acid groups (broad SMARTS) is 1. The Balaban J connectivity index is 4.35. The second kappa shape index (κ2) is 42.7. The van der Waals surface area contributed by atoms with Crippen LogP contribution in [0.1, 0.15) is 187 Å². The molecule has 0 aliphatic heterocycles. The zero-order valence-corrected chi connectivity index (χ0v) is 39.1. The summed E-state index contributed by atoms with van der Waals surface area (Å²) in [6.45, 7) is 4.71. The molecule has 2 unspecified atom stereocenters. The molecule has 60 heavy (non-hydrogen) atoms. The fourth-order valence-electron chi connectivity index (χ4n) is 6.29. The molecule has 9 heteroatoms. The zero-order chi connectivity index (χ0) is 44.2. The summed E-state index contributed by atoms with van der Waals surface area (Å²) in [5.74, 6) is -2.03. The maximum atomic E-state index is 12.8. The van der Waals surface area contributed by atoms with Gasteiger partial charge < -0.3 is 28.5 Å². The van der Waals surface area contributed by atoms with Crippen molar-refractivity contribution in [3.05, 3.63) is 60.8 Å². The molecule has 0 radical (unpaired) electrons. The monoisotopic (exact) mass is 845 g/mol. The highest BCUT2D eigenvalue weighted by atomic mass is 16.7. The lowest BCUT2D eigenvalue weighted by atomic mass is 10.0. The molecule has 0 fully saturated rings. The molecule has 0 aliphatic rings. The molecular formula is C51H90NO8+. The van der Waals surface area contributed by atoms with E-state index in [1.54, 1.807) is 0 Å². The van der Waals surface area contributed by atoms with Gasteiger partial charge in [0.05, 0.1) is 34.4 Å². The number of unbranched alkanes of at least 4 members (excludes halogenated alkanes) is 18. The Labute approximate surface area is 367 Å². The van der Waals surface area contributed by atoms with E-state index in [9.17, 15) is 19.5 Å². The Kier molecular flexibility index (Phi) is 40.5. The van der Waals surface area contributed by atoms with Gasteiger partial charge in [-0.25, -0.2) is 4.79 Å². The second-order valence-corrected chi connectivity index (χ2v) is 17.0. The predicted molar refractivity (Wildman–Crippen MR) is 249 cm³/mol. The first-order valence-corrected chi connectivity index (χ1v) is 24.0. The highest BCUT2D eigenvalue weighted by Crippen LogP contribution is 2.14. The minimum Gasteiger partial charge on any atom is -0.477 e. The van der Waals surface area contributed by atoms with Crippen LogP contribution in [0.5, 0.6) is 0 Å². The van der Waals surface area contributed by atoms with Gasteiger partial charge in [0.15, 0.2) is 6.10 Å². The molecule has 0 amide bonds. The standard InChI is InChI=1S/C51H89NO8/c1-6-8-10-12-14-16-18-20-21-22-23-24-25-26-27-28-29-30-32-34-36-38-40-42-49(54)60-47(46-59-51(50(55)56)57-44-43-52(3,4)5)45-58-48(53)41-39-37-35-33-31-19-17-15-13-11-9-7-2/h8,10,14-17,20-21,23-24,47,51H,6-7,9,11-13,18-19,22,25-46H2,1-5H3/p+1/b10-8-,16-14-,17-15-,21-20-,24-23-. The van der Waals surface area contributed by atoms with Crippen LogP contribution >= 0.6 is 0 Å². The number of aliphatic carboxylic acids is 1. The predicted octanol–water partition coefficient (Wildman–Crippen LogP) is 12.9. The van der Waals surface area contributed by atoms with E-state index in [1.165, 1.54) is 64.2 Å². The molecule has 0 aromatic heterocycles. The zero-order valence-electron chi connectivity index (χ0n) is 39.1. The number of carbonyl (C=O) groups is 3. The minimum atomic E-state index is -1.51. The Hall–Kier alpha value is -3.01. The van der Waals surface area contributed by atoms with Crippen molar-refractivity contribution in [2.45, 2.75) is 200 Å². The summed E-state index contributed by atoms with van der Waals surface area (Å²) in [7, 11) is 5.95. The minimum absolute atomic E-state index is 0.183. The number of allylic oxidation sites excluding steroid dienone is 10. The van der Waals surface area contributed by atoms with E-state index in [0.717, 1.165) is 89.9 Å². The fourth-order valence-corrected chi connectivity index (χ4v) is 6.29. The molecule has 0 heterocycles. The maximum absolute atomic E-state index is 12.8. The molecule has 0 spiro atoms. The molecule has 1 N–H and O–H groups in total. The number of likely N-dealkylation sites (N-methyl/N-ethyl adjacent to an activating group) is 1. The van der Waals surface area contributed by atoms with Crippen molar-refractivity contribution in [1.82, 2.24) is 0 Å². The Morgan fingerprint density at radius 1 is 0.517 bits per heavy atom. The van der Waals surface area contributed by atoms with Crippen LogP contribution in [0.3, 0.4) is 0 Å². The smallest absolute Gasteiger partial charge is 0.361 e. The van der Waals surface area contributed by atoms with Gasteiger partial charge in [0.1, 0.15) is 13.2 Å². The lowest BCUT2D eigenvalue weighted by molar-refractivity contribution is -0.870. The molecule has 0 aliphatic carbocycles. The maximum Gasteiger partial charge on any atom is 0.361 e. The topological polar surface area (TPSA) is 108 Å². The average molecular weight is 845 g/mol. The molecule has 0 aromatic carbocycles. The summed E-state index contributed by atoms with van der Waals surface area (Å²) >= 11 is 0. The fraction of sp³-hybridized carbons (Fsp3) is 0.745. The van der Waals surface area contributed by atoms with Crippen LogP contribution < -0.4 is 0 Å². The van der Waals surface area contributed by atoms with Crippen molar-refractivity contribution in [1.29, 1.82) is 0 Å². The molecule has 2 atom stereocenters. The number of rotatable bonds is 43. The molecule has 346 valence electrons. The lowest BCUT2D eigenvalue weighted by Crippen LogP contribution is -2.40. The summed E-state index contributed by atoms with van der Waals surface area (Å²) in [4.78, 5) is 37.1. The first kappa shape index (κ1) is 57.0. The third-order valence-electron chi connectivity index (χ3n) is 10.0. The first-order valence-electron chi connectivity index (χ1n) is 24.0. The number of carboxylic acids is 1. The molecule has 0 saturated carbocycles. The van der Waals surface area contributed by atoms with E-state index in [-0.39, 0.29) is 38.6 Å². The largest absolute Gasteiger partial charge is 0.477 e. The number of quaternary nitrogens is 1. The van der Waals surface area contributed by atoms with Crippen molar-refractivity contribution < 1.29 is 42.9 Å². The number of nitrogens with zero attached hydrogens (tertiary/aromatic N) is 1. The van der Waals surface area contributed by atoms with E-state index in [0.29, 0.717) is 17.4 Å². The van der Waals surface area contributed by atoms with Crippen LogP contribution in [0.4, 0.5) is 0 Å². The number of ether oxygens (including phenoxy) is 4. The van der Waals surface area contributed by atoms with Crippen molar-refractivity contribution >= 4 is 17.9 Å². The van der Waals surface area contributed by atoms with Gasteiger partial charge in [-0.15, -0.1) is 0 Å². The van der Waals surface area contributed by atoms with Crippen LogP contribution in [0.25, 0.3) is 0 Å². The molecule has 0 aromatic rings. The normalized spacial score (nSPS) is 13.4. The van der Waals surface area contributed by atoms with Gasteiger partial charge in [-0.1, -0.05) is 158 Å². The van der Waals surface area contributed by atoms with Gasteiger partial charge >= 0.3 is 17.9 Å². The van der Waals surface area contributed by atoms with Crippen molar-refractivity contribution in [2.24, 2.45) is 0 Å². The lowest BCUT2D eigenvalue weighted by Gasteiger charge is -2.25. The van der Waals surface area contributed by atoms with E-state index in [4.69, 9.17) is 18.9 Å². The van der Waals surface area contributed by atoms with Crippen LogP contribution in [-0.4, -0.2) is 87.4 Å². The van der Waals surface area contributed by atoms with E-state index >= 15 is 0 Å². The number of carbonyl (C=O) groups excluding carboxylic acids is 2. The Morgan fingerprint density at radius 3 is 1.43 bits per heavy atom. The second-order valence-electron chi connectivity index (χ2n) is 17.0. The third-order valence-corrected chi connectivity index (χ3v) is 10.0. The quantitative estimate of drug-likeness (QED) is 0.0212. The van der Waals surface area contributed by atoms with Gasteiger partial charge in [-0.2, -0.15) is 0 Å². The van der Waals surface area contributed by atoms with Crippen molar-refractivity contribution in [3.63, 3.8) is 0 Å². The SMILES string of the molecule is CC/C=C\C/C=C\C/C=C\C/C=C\CCCCCCCCCCCCC(=O)OC(COC(=O)CCCCCCC/C=C\CCCCC)COC(OCC[N+](C)(C)C)C(=O)O.